The van der Waals surface area contributed by atoms with Crippen LogP contribution < -0.4 is 10.4 Å². The molecule has 2 N–H and O–H groups in total. The van der Waals surface area contributed by atoms with Crippen LogP contribution in [0.25, 0.3) is 17.4 Å². The normalized spacial score (nSPS) is 15.3. The Balaban J connectivity index is 1.62. The number of thiophene rings is 1. The molecule has 2 amide bonds. The van der Waals surface area contributed by atoms with E-state index in [2.05, 4.69) is 28.0 Å². The van der Waals surface area contributed by atoms with Gasteiger partial charge in [-0.2, -0.15) is 0 Å². The van der Waals surface area contributed by atoms with Crippen molar-refractivity contribution in [3.8, 4) is 11.3 Å². The number of carboxylic acids is 1. The Morgan fingerprint density at radius 2 is 1.89 bits per heavy atom. The van der Waals surface area contributed by atoms with Gasteiger partial charge in [0.2, 0.25) is 0 Å². The van der Waals surface area contributed by atoms with E-state index in [-0.39, 0.29) is 16.2 Å². The van der Waals surface area contributed by atoms with Crippen molar-refractivity contribution in [2.75, 3.05) is 5.01 Å². The van der Waals surface area contributed by atoms with Crippen LogP contribution >= 0.6 is 33.9 Å². The van der Waals surface area contributed by atoms with Gasteiger partial charge in [0.1, 0.15) is 22.0 Å². The lowest BCUT2D eigenvalue weighted by molar-refractivity contribution is -0.117. The fourth-order valence-electron chi connectivity index (χ4n) is 2.72. The maximum Gasteiger partial charge on any atom is 0.346 e. The van der Waals surface area contributed by atoms with Crippen LogP contribution in [0.4, 0.5) is 5.69 Å². The Labute approximate surface area is 176 Å². The summed E-state index contributed by atoms with van der Waals surface area (Å²) in [6.07, 6.45) is 1.35. The second kappa shape index (κ2) is 7.24. The first-order chi connectivity index (χ1) is 13.4. The molecule has 0 radical (unpaired) electrons. The second-order valence-electron chi connectivity index (χ2n) is 5.79. The van der Waals surface area contributed by atoms with Gasteiger partial charge in [-0.3, -0.25) is 15.0 Å². The van der Waals surface area contributed by atoms with Gasteiger partial charge in [0, 0.05) is 9.13 Å². The molecule has 0 unspecified atom stereocenters. The van der Waals surface area contributed by atoms with E-state index in [0.717, 1.165) is 14.9 Å². The molecule has 1 saturated heterocycles. The van der Waals surface area contributed by atoms with Crippen molar-refractivity contribution in [2.24, 2.45) is 0 Å². The van der Waals surface area contributed by atoms with E-state index in [9.17, 15) is 19.5 Å². The number of nitrogens with one attached hydrogen (secondary N) is 1. The number of amides is 2. The van der Waals surface area contributed by atoms with E-state index in [4.69, 9.17) is 4.42 Å². The zero-order valence-corrected chi connectivity index (χ0v) is 17.0. The molecule has 140 valence electrons. The first-order valence-corrected chi connectivity index (χ1v) is 9.93. The van der Waals surface area contributed by atoms with Crippen molar-refractivity contribution < 1.29 is 23.9 Å². The number of hydrazine groups is 1. The first-order valence-electron chi connectivity index (χ1n) is 7.98. The van der Waals surface area contributed by atoms with Gasteiger partial charge in [0.05, 0.1) is 5.69 Å². The van der Waals surface area contributed by atoms with Gasteiger partial charge in [-0.1, -0.05) is 0 Å². The highest BCUT2D eigenvalue weighted by molar-refractivity contribution is 14.1. The number of aromatic carboxylic acids is 1. The number of halogens is 1. The summed E-state index contributed by atoms with van der Waals surface area (Å²) in [5.74, 6) is -1.44. The number of carboxylic acid groups (broad SMARTS) is 1. The molecule has 0 spiro atoms. The van der Waals surface area contributed by atoms with Crippen LogP contribution in [-0.2, 0) is 9.59 Å². The molecular formula is C19H11IN2O5S. The lowest BCUT2D eigenvalue weighted by Gasteiger charge is -2.14. The monoisotopic (exact) mass is 506 g/mol. The predicted molar refractivity (Wildman–Crippen MR) is 112 cm³/mol. The summed E-state index contributed by atoms with van der Waals surface area (Å²) in [6, 6.07) is 12.0. The summed E-state index contributed by atoms with van der Waals surface area (Å²) >= 11 is 3.24. The number of anilines is 1. The van der Waals surface area contributed by atoms with Crippen LogP contribution in [-0.4, -0.2) is 22.9 Å². The molecule has 0 atom stereocenters. The van der Waals surface area contributed by atoms with Crippen molar-refractivity contribution in [2.45, 2.75) is 0 Å². The number of hydrogen-bond donors (Lipinski definition) is 2. The number of benzene rings is 1. The van der Waals surface area contributed by atoms with Gasteiger partial charge in [0.25, 0.3) is 11.8 Å². The van der Waals surface area contributed by atoms with Crippen molar-refractivity contribution >= 4 is 63.5 Å². The number of rotatable bonds is 4. The lowest BCUT2D eigenvalue weighted by atomic mass is 10.2. The molecule has 7 nitrogen and oxygen atoms in total. The quantitative estimate of drug-likeness (QED) is 0.319. The summed E-state index contributed by atoms with van der Waals surface area (Å²) in [4.78, 5) is 36.3. The molecule has 1 aliphatic rings. The van der Waals surface area contributed by atoms with Crippen LogP contribution in [0.3, 0.4) is 0 Å². The zero-order chi connectivity index (χ0) is 19.8. The van der Waals surface area contributed by atoms with E-state index in [1.807, 2.05) is 12.1 Å². The molecule has 1 fully saturated rings. The smallest absolute Gasteiger partial charge is 0.346 e. The van der Waals surface area contributed by atoms with Gasteiger partial charge in [-0.05, 0) is 76.5 Å². The molecule has 2 aromatic heterocycles. The molecule has 3 heterocycles. The van der Waals surface area contributed by atoms with E-state index in [0.29, 0.717) is 17.0 Å². The molecule has 0 bridgehead atoms. The highest BCUT2D eigenvalue weighted by Gasteiger charge is 2.34. The lowest BCUT2D eigenvalue weighted by Crippen LogP contribution is -2.35. The van der Waals surface area contributed by atoms with E-state index in [1.54, 1.807) is 35.7 Å². The minimum atomic E-state index is -1.04. The topological polar surface area (TPSA) is 99.9 Å². The standard InChI is InChI=1S/C19H11IN2O5S/c20-10-1-3-11(4-2-10)22-18(24)14(17(23)21-22)9-12-5-6-15(27-12)13-7-8-28-16(13)19(25)26/h1-9H,(H,21,23)(H,25,26)/b14-9+. The van der Waals surface area contributed by atoms with Gasteiger partial charge in [-0.25, -0.2) is 9.80 Å². The van der Waals surface area contributed by atoms with Gasteiger partial charge in [-0.15, -0.1) is 11.3 Å². The summed E-state index contributed by atoms with van der Waals surface area (Å²) < 4.78 is 6.66. The highest BCUT2D eigenvalue weighted by Crippen LogP contribution is 2.31. The van der Waals surface area contributed by atoms with Crippen LogP contribution in [0.2, 0.25) is 0 Å². The van der Waals surface area contributed by atoms with Gasteiger partial charge >= 0.3 is 5.97 Å². The largest absolute Gasteiger partial charge is 0.477 e. The minimum Gasteiger partial charge on any atom is -0.477 e. The number of carbonyl (C=O) groups is 3. The number of carbonyl (C=O) groups excluding carboxylic acids is 2. The fourth-order valence-corrected chi connectivity index (χ4v) is 3.81. The molecule has 3 aromatic rings. The Bertz CT molecular complexity index is 1130. The van der Waals surface area contributed by atoms with Crippen LogP contribution in [0.1, 0.15) is 15.4 Å². The average Bonchev–Trinajstić information content (AvgIpc) is 3.38. The summed E-state index contributed by atoms with van der Waals surface area (Å²) in [5.41, 5.74) is 3.45. The van der Waals surface area contributed by atoms with Gasteiger partial charge in [0.15, 0.2) is 0 Å². The third kappa shape index (κ3) is 3.34. The van der Waals surface area contributed by atoms with E-state index in [1.165, 1.54) is 11.1 Å². The maximum atomic E-state index is 12.6. The zero-order valence-electron chi connectivity index (χ0n) is 14.0. The van der Waals surface area contributed by atoms with E-state index >= 15 is 0 Å². The molecule has 1 aromatic carbocycles. The SMILES string of the molecule is O=C1NN(c2ccc(I)cc2)C(=O)/C1=C/c1ccc(-c2ccsc2C(=O)O)o1. The average molecular weight is 506 g/mol. The van der Waals surface area contributed by atoms with Crippen molar-refractivity contribution in [1.82, 2.24) is 5.43 Å². The van der Waals surface area contributed by atoms with Crippen LogP contribution in [0, 0.1) is 3.57 Å². The molecule has 0 aliphatic carbocycles. The number of furan rings is 1. The highest BCUT2D eigenvalue weighted by atomic mass is 127. The molecule has 28 heavy (non-hydrogen) atoms. The third-order valence-electron chi connectivity index (χ3n) is 4.01. The number of nitrogens with zero attached hydrogens (tertiary/aromatic N) is 1. The Morgan fingerprint density at radius 3 is 2.61 bits per heavy atom. The number of hydrogen-bond acceptors (Lipinski definition) is 5. The second-order valence-corrected chi connectivity index (χ2v) is 7.95. The Hall–Kier alpha value is -2.92. The van der Waals surface area contributed by atoms with Crippen molar-refractivity contribution in [3.63, 3.8) is 0 Å². The summed E-state index contributed by atoms with van der Waals surface area (Å²) in [5, 5.41) is 12.1. The van der Waals surface area contributed by atoms with Crippen LogP contribution in [0.5, 0.6) is 0 Å². The Kier molecular flexibility index (Phi) is 4.77. The fraction of sp³-hybridized carbons (Fsp3) is 0. The molecule has 9 heteroatoms. The minimum absolute atomic E-state index is 0.0665. The predicted octanol–water partition coefficient (Wildman–Crippen LogP) is 3.77. The Morgan fingerprint density at radius 1 is 1.14 bits per heavy atom. The van der Waals surface area contributed by atoms with Crippen molar-refractivity contribution in [3.05, 3.63) is 67.6 Å². The van der Waals surface area contributed by atoms with Crippen molar-refractivity contribution in [1.29, 1.82) is 0 Å². The van der Waals surface area contributed by atoms with Crippen LogP contribution in [0.15, 0.2) is 57.8 Å². The molecular weight excluding hydrogens is 495 g/mol. The third-order valence-corrected chi connectivity index (χ3v) is 5.64. The first kappa shape index (κ1) is 18.4. The maximum absolute atomic E-state index is 12.6. The molecule has 4 rings (SSSR count). The summed E-state index contributed by atoms with van der Waals surface area (Å²) in [7, 11) is 0. The van der Waals surface area contributed by atoms with Gasteiger partial charge < -0.3 is 9.52 Å². The summed E-state index contributed by atoms with van der Waals surface area (Å²) in [6.45, 7) is 0. The van der Waals surface area contributed by atoms with E-state index < -0.39 is 17.8 Å². The molecule has 0 saturated carbocycles. The molecule has 1 aliphatic heterocycles.